The zero-order valence-corrected chi connectivity index (χ0v) is 13.1. The molecule has 0 bridgehead atoms. The summed E-state index contributed by atoms with van der Waals surface area (Å²) in [4.78, 5) is 11.8. The van der Waals surface area contributed by atoms with Gasteiger partial charge < -0.3 is 4.42 Å². The van der Waals surface area contributed by atoms with Gasteiger partial charge in [0.2, 0.25) is 0 Å². The fraction of sp³-hybridized carbons (Fsp3) is 0.200. The molecule has 104 valence electrons. The van der Waals surface area contributed by atoms with Crippen molar-refractivity contribution in [2.24, 2.45) is 5.10 Å². The van der Waals surface area contributed by atoms with Gasteiger partial charge in [0, 0.05) is 5.56 Å². The van der Waals surface area contributed by atoms with E-state index in [1.807, 2.05) is 32.9 Å². The maximum Gasteiger partial charge on any atom is 0.307 e. The van der Waals surface area contributed by atoms with Crippen molar-refractivity contribution in [1.82, 2.24) is 5.43 Å². The Balaban J connectivity index is 2.13. The van der Waals surface area contributed by atoms with E-state index in [2.05, 4.69) is 32.5 Å². The maximum absolute atomic E-state index is 11.8. The van der Waals surface area contributed by atoms with Gasteiger partial charge in [-0.1, -0.05) is 23.8 Å². The SMILES string of the molecule is C/C(=N/NC(=O)c1ccc(Br)o1)c1ccc(C)cc1C. The fourth-order valence-corrected chi connectivity index (χ4v) is 2.21. The molecule has 0 spiro atoms. The molecular formula is C15H15BrN2O2. The second-order valence-electron chi connectivity index (χ2n) is 4.56. The van der Waals surface area contributed by atoms with Crippen molar-refractivity contribution < 1.29 is 9.21 Å². The van der Waals surface area contributed by atoms with E-state index in [9.17, 15) is 4.79 Å². The van der Waals surface area contributed by atoms with Gasteiger partial charge in [-0.15, -0.1) is 0 Å². The van der Waals surface area contributed by atoms with Crippen molar-refractivity contribution in [3.8, 4) is 0 Å². The zero-order valence-electron chi connectivity index (χ0n) is 11.5. The molecule has 1 aromatic carbocycles. The quantitative estimate of drug-likeness (QED) is 0.685. The summed E-state index contributed by atoms with van der Waals surface area (Å²) in [5, 5.41) is 4.11. The van der Waals surface area contributed by atoms with Crippen LogP contribution in [0.4, 0.5) is 0 Å². The molecule has 5 heteroatoms. The molecular weight excluding hydrogens is 320 g/mol. The molecule has 1 aromatic heterocycles. The van der Waals surface area contributed by atoms with E-state index in [4.69, 9.17) is 4.42 Å². The van der Waals surface area contributed by atoms with E-state index in [1.54, 1.807) is 12.1 Å². The summed E-state index contributed by atoms with van der Waals surface area (Å²) in [7, 11) is 0. The topological polar surface area (TPSA) is 54.6 Å². The van der Waals surface area contributed by atoms with Crippen LogP contribution >= 0.6 is 15.9 Å². The minimum absolute atomic E-state index is 0.217. The van der Waals surface area contributed by atoms with Gasteiger partial charge in [-0.05, 0) is 54.4 Å². The highest BCUT2D eigenvalue weighted by Gasteiger charge is 2.10. The molecule has 4 nitrogen and oxygen atoms in total. The van der Waals surface area contributed by atoms with Gasteiger partial charge in [-0.25, -0.2) is 5.43 Å². The number of carbonyl (C=O) groups is 1. The highest BCUT2D eigenvalue weighted by Crippen LogP contribution is 2.14. The number of hydrogen-bond donors (Lipinski definition) is 1. The lowest BCUT2D eigenvalue weighted by atomic mass is 10.0. The molecule has 1 N–H and O–H groups in total. The van der Waals surface area contributed by atoms with E-state index in [0.29, 0.717) is 4.67 Å². The Labute approximate surface area is 126 Å². The number of nitrogens with zero attached hydrogens (tertiary/aromatic N) is 1. The van der Waals surface area contributed by atoms with E-state index in [1.165, 1.54) is 5.56 Å². The third-order valence-electron chi connectivity index (χ3n) is 2.89. The van der Waals surface area contributed by atoms with Gasteiger partial charge in [0.1, 0.15) is 0 Å². The molecule has 0 atom stereocenters. The fourth-order valence-electron chi connectivity index (χ4n) is 1.91. The number of amides is 1. The van der Waals surface area contributed by atoms with Crippen LogP contribution in [0.15, 0.2) is 44.5 Å². The summed E-state index contributed by atoms with van der Waals surface area (Å²) in [6.45, 7) is 5.92. The number of rotatable bonds is 3. The summed E-state index contributed by atoms with van der Waals surface area (Å²) >= 11 is 3.15. The number of halogens is 1. The number of hydrogen-bond acceptors (Lipinski definition) is 3. The molecule has 0 saturated carbocycles. The Morgan fingerprint density at radius 3 is 2.60 bits per heavy atom. The van der Waals surface area contributed by atoms with Crippen molar-refractivity contribution in [2.75, 3.05) is 0 Å². The Morgan fingerprint density at radius 2 is 2.00 bits per heavy atom. The van der Waals surface area contributed by atoms with Crippen LogP contribution in [0.2, 0.25) is 0 Å². The number of carbonyl (C=O) groups excluding carboxylic acids is 1. The van der Waals surface area contributed by atoms with Crippen LogP contribution in [-0.4, -0.2) is 11.6 Å². The van der Waals surface area contributed by atoms with E-state index >= 15 is 0 Å². The first-order valence-electron chi connectivity index (χ1n) is 6.15. The number of hydrazone groups is 1. The molecule has 0 aliphatic heterocycles. The monoisotopic (exact) mass is 334 g/mol. The molecule has 1 heterocycles. The Morgan fingerprint density at radius 1 is 1.25 bits per heavy atom. The third kappa shape index (κ3) is 3.36. The standard InChI is InChI=1S/C15H15BrN2O2/c1-9-4-5-12(10(2)8-9)11(3)17-18-15(19)13-6-7-14(16)20-13/h4-8H,1-3H3,(H,18,19)/b17-11-. The van der Waals surface area contributed by atoms with Gasteiger partial charge in [-0.2, -0.15) is 5.10 Å². The van der Waals surface area contributed by atoms with Gasteiger partial charge in [0.25, 0.3) is 0 Å². The van der Waals surface area contributed by atoms with Gasteiger partial charge in [0.15, 0.2) is 10.4 Å². The lowest BCUT2D eigenvalue weighted by Crippen LogP contribution is -2.19. The highest BCUT2D eigenvalue weighted by atomic mass is 79.9. The summed E-state index contributed by atoms with van der Waals surface area (Å²) in [5.74, 6) is -0.158. The van der Waals surface area contributed by atoms with Gasteiger partial charge in [-0.3, -0.25) is 4.79 Å². The molecule has 1 amide bonds. The number of benzene rings is 1. The predicted molar refractivity (Wildman–Crippen MR) is 82.0 cm³/mol. The Kier molecular flexibility index (Phi) is 4.39. The van der Waals surface area contributed by atoms with E-state index in [-0.39, 0.29) is 11.7 Å². The van der Waals surface area contributed by atoms with Crippen molar-refractivity contribution in [3.63, 3.8) is 0 Å². The molecule has 0 radical (unpaired) electrons. The Hall–Kier alpha value is -1.88. The first kappa shape index (κ1) is 14.5. The number of nitrogens with one attached hydrogen (secondary N) is 1. The molecule has 0 aliphatic carbocycles. The summed E-state index contributed by atoms with van der Waals surface area (Å²) < 4.78 is 5.67. The highest BCUT2D eigenvalue weighted by molar-refractivity contribution is 9.10. The van der Waals surface area contributed by atoms with Crippen molar-refractivity contribution >= 4 is 27.5 Å². The molecule has 2 rings (SSSR count). The van der Waals surface area contributed by atoms with Crippen LogP contribution in [0, 0.1) is 13.8 Å². The van der Waals surface area contributed by atoms with Crippen LogP contribution < -0.4 is 5.43 Å². The van der Waals surface area contributed by atoms with Crippen molar-refractivity contribution in [3.05, 3.63) is 57.5 Å². The number of aryl methyl sites for hydroxylation is 2. The van der Waals surface area contributed by atoms with Crippen LogP contribution in [0.3, 0.4) is 0 Å². The second kappa shape index (κ2) is 6.05. The average Bonchev–Trinajstić information content (AvgIpc) is 2.82. The smallest absolute Gasteiger partial charge is 0.307 e. The van der Waals surface area contributed by atoms with Crippen LogP contribution in [0.1, 0.15) is 34.2 Å². The largest absolute Gasteiger partial charge is 0.444 e. The molecule has 0 unspecified atom stereocenters. The van der Waals surface area contributed by atoms with Crippen molar-refractivity contribution in [2.45, 2.75) is 20.8 Å². The lowest BCUT2D eigenvalue weighted by Gasteiger charge is -2.06. The van der Waals surface area contributed by atoms with E-state index < -0.39 is 0 Å². The first-order chi connectivity index (χ1) is 9.47. The molecule has 20 heavy (non-hydrogen) atoms. The summed E-state index contributed by atoms with van der Waals surface area (Å²) in [6, 6.07) is 9.35. The van der Waals surface area contributed by atoms with Crippen LogP contribution in [0.25, 0.3) is 0 Å². The predicted octanol–water partition coefficient (Wildman–Crippen LogP) is 3.81. The molecule has 0 fully saturated rings. The minimum atomic E-state index is -0.375. The first-order valence-corrected chi connectivity index (χ1v) is 6.94. The summed E-state index contributed by atoms with van der Waals surface area (Å²) in [5.41, 5.74) is 6.57. The second-order valence-corrected chi connectivity index (χ2v) is 5.34. The number of furan rings is 1. The van der Waals surface area contributed by atoms with Crippen LogP contribution in [0.5, 0.6) is 0 Å². The average molecular weight is 335 g/mol. The molecule has 0 saturated heterocycles. The maximum atomic E-state index is 11.8. The van der Waals surface area contributed by atoms with Gasteiger partial charge in [0.05, 0.1) is 5.71 Å². The summed E-state index contributed by atoms with van der Waals surface area (Å²) in [6.07, 6.45) is 0. The zero-order chi connectivity index (χ0) is 14.7. The van der Waals surface area contributed by atoms with Crippen molar-refractivity contribution in [1.29, 1.82) is 0 Å². The minimum Gasteiger partial charge on any atom is -0.444 e. The third-order valence-corrected chi connectivity index (χ3v) is 3.32. The van der Waals surface area contributed by atoms with Crippen LogP contribution in [-0.2, 0) is 0 Å². The van der Waals surface area contributed by atoms with Gasteiger partial charge >= 0.3 is 5.91 Å². The molecule has 0 aliphatic rings. The van der Waals surface area contributed by atoms with E-state index in [0.717, 1.165) is 16.8 Å². The molecule has 2 aromatic rings. The lowest BCUT2D eigenvalue weighted by molar-refractivity contribution is 0.0926. The normalized spacial score (nSPS) is 11.5. The Bertz CT molecular complexity index is 674.